The molecule has 3 heterocycles. The van der Waals surface area contributed by atoms with Gasteiger partial charge in [-0.25, -0.2) is 0 Å². The van der Waals surface area contributed by atoms with Gasteiger partial charge in [0.15, 0.2) is 5.11 Å². The highest BCUT2D eigenvalue weighted by Gasteiger charge is 2.43. The molecule has 1 aliphatic heterocycles. The zero-order chi connectivity index (χ0) is 26.8. The lowest BCUT2D eigenvalue weighted by molar-refractivity contribution is -0.115. The number of anilines is 2. The number of carbonyl (C=O) groups excluding carboxylic acids is 1. The van der Waals surface area contributed by atoms with Crippen LogP contribution in [0.3, 0.4) is 0 Å². The molecular weight excluding hydrogens is 543 g/mol. The first kappa shape index (κ1) is 26.0. The number of halogens is 2. The molecule has 38 heavy (non-hydrogen) atoms. The molecule has 194 valence electrons. The summed E-state index contributed by atoms with van der Waals surface area (Å²) in [7, 11) is 1.56. The molecule has 5 rings (SSSR count). The van der Waals surface area contributed by atoms with Crippen LogP contribution in [-0.2, 0) is 4.79 Å². The molecule has 2 aromatic heterocycles. The molecule has 2 atom stereocenters. The molecule has 0 radical (unpaired) electrons. The lowest BCUT2D eigenvalue weighted by Gasteiger charge is -2.27. The van der Waals surface area contributed by atoms with Gasteiger partial charge in [0.1, 0.15) is 23.3 Å². The number of benzene rings is 2. The molecular formula is C28H24Cl2N4O3S. The van der Waals surface area contributed by atoms with Gasteiger partial charge in [-0.15, -0.1) is 0 Å². The molecule has 7 nitrogen and oxygen atoms in total. The number of ether oxygens (including phenoxy) is 1. The number of hydrogen-bond donors (Lipinski definition) is 2. The van der Waals surface area contributed by atoms with E-state index >= 15 is 0 Å². The van der Waals surface area contributed by atoms with Gasteiger partial charge in [-0.1, -0.05) is 42.3 Å². The van der Waals surface area contributed by atoms with Crippen LogP contribution < -0.4 is 20.3 Å². The van der Waals surface area contributed by atoms with E-state index in [4.69, 9.17) is 44.6 Å². The van der Waals surface area contributed by atoms with Crippen molar-refractivity contribution >= 4 is 57.8 Å². The monoisotopic (exact) mass is 566 g/mol. The van der Waals surface area contributed by atoms with Gasteiger partial charge in [-0.05, 0) is 60.7 Å². The topological polar surface area (TPSA) is 79.6 Å². The van der Waals surface area contributed by atoms with Gasteiger partial charge in [0.25, 0.3) is 0 Å². The van der Waals surface area contributed by atoms with Crippen molar-refractivity contribution in [3.05, 3.63) is 94.4 Å². The Morgan fingerprint density at radius 1 is 1.16 bits per heavy atom. The number of rotatable bonds is 7. The number of methoxy groups -OCH3 is 1. The van der Waals surface area contributed by atoms with Crippen LogP contribution >= 0.6 is 35.4 Å². The molecule has 0 spiro atoms. The van der Waals surface area contributed by atoms with Crippen molar-refractivity contribution in [3.63, 3.8) is 0 Å². The molecule has 1 amide bonds. The number of amides is 1. The van der Waals surface area contributed by atoms with Crippen molar-refractivity contribution in [2.75, 3.05) is 17.3 Å². The first-order valence-corrected chi connectivity index (χ1v) is 13.1. The highest BCUT2D eigenvalue weighted by atomic mass is 35.5. The van der Waals surface area contributed by atoms with E-state index < -0.39 is 0 Å². The maximum absolute atomic E-state index is 12.0. The Morgan fingerprint density at radius 2 is 2.00 bits per heavy atom. The molecule has 1 aliphatic rings. The molecule has 1 saturated heterocycles. The number of nitrogens with zero attached hydrogens (tertiary/aromatic N) is 2. The standard InChI is InChI=1S/C28H24Cl2N4O3S/c1-3-24(35)32-19-11-10-16(15-23(19)36-2)34-27(26(33-28(34)38)20-9-4-5-14-31-20)22-13-12-21(37-22)17-7-6-8-18(29)25(17)30/h4-15,26-27H,3H2,1-2H3,(H,32,35)(H,33,38)/t26-,27+/m1/s1. The lowest BCUT2D eigenvalue weighted by atomic mass is 10.0. The van der Waals surface area contributed by atoms with Gasteiger partial charge < -0.3 is 24.7 Å². The summed E-state index contributed by atoms with van der Waals surface area (Å²) in [6.45, 7) is 1.79. The Morgan fingerprint density at radius 3 is 2.74 bits per heavy atom. The average Bonchev–Trinajstić information content (AvgIpc) is 3.55. The summed E-state index contributed by atoms with van der Waals surface area (Å²) >= 11 is 18.5. The van der Waals surface area contributed by atoms with E-state index in [1.165, 1.54) is 0 Å². The molecule has 10 heteroatoms. The second-order valence-electron chi connectivity index (χ2n) is 8.59. The van der Waals surface area contributed by atoms with Gasteiger partial charge in [-0.3, -0.25) is 9.78 Å². The van der Waals surface area contributed by atoms with Crippen LogP contribution in [0.2, 0.25) is 10.0 Å². The SMILES string of the molecule is CCC(=O)Nc1ccc(N2C(=S)N[C@H](c3ccccn3)[C@@H]2c2ccc(-c3cccc(Cl)c3Cl)o2)cc1OC. The predicted molar refractivity (Wildman–Crippen MR) is 154 cm³/mol. The Labute approximate surface area is 235 Å². The number of carbonyl (C=O) groups is 1. The number of pyridine rings is 1. The molecule has 1 fully saturated rings. The van der Waals surface area contributed by atoms with E-state index in [-0.39, 0.29) is 18.0 Å². The number of furan rings is 1. The number of nitrogens with one attached hydrogen (secondary N) is 2. The summed E-state index contributed by atoms with van der Waals surface area (Å²) in [4.78, 5) is 18.5. The first-order chi connectivity index (χ1) is 18.4. The third-order valence-corrected chi connectivity index (χ3v) is 7.43. The van der Waals surface area contributed by atoms with E-state index in [2.05, 4.69) is 15.6 Å². The second-order valence-corrected chi connectivity index (χ2v) is 9.76. The maximum Gasteiger partial charge on any atom is 0.224 e. The van der Waals surface area contributed by atoms with E-state index in [1.807, 2.05) is 59.5 Å². The molecule has 0 bridgehead atoms. The Bertz CT molecular complexity index is 1490. The molecule has 2 aromatic carbocycles. The largest absolute Gasteiger partial charge is 0.494 e. The predicted octanol–water partition coefficient (Wildman–Crippen LogP) is 7.18. The Hall–Kier alpha value is -3.59. The van der Waals surface area contributed by atoms with Crippen LogP contribution in [0.4, 0.5) is 11.4 Å². The molecule has 4 aromatic rings. The smallest absolute Gasteiger partial charge is 0.224 e. The second kappa shape index (κ2) is 11.0. The molecule has 0 unspecified atom stereocenters. The van der Waals surface area contributed by atoms with Crippen LogP contribution in [-0.4, -0.2) is 23.1 Å². The Balaban J connectivity index is 1.59. The summed E-state index contributed by atoms with van der Waals surface area (Å²) in [5, 5.41) is 7.64. The van der Waals surface area contributed by atoms with Crippen LogP contribution in [0.1, 0.15) is 36.9 Å². The minimum Gasteiger partial charge on any atom is -0.494 e. The van der Waals surface area contributed by atoms with Gasteiger partial charge >= 0.3 is 0 Å². The van der Waals surface area contributed by atoms with Crippen molar-refractivity contribution < 1.29 is 13.9 Å². The summed E-state index contributed by atoms with van der Waals surface area (Å²) in [6, 6.07) is 19.8. The zero-order valence-corrected chi connectivity index (χ0v) is 22.9. The highest BCUT2D eigenvalue weighted by molar-refractivity contribution is 7.80. The van der Waals surface area contributed by atoms with E-state index in [9.17, 15) is 4.79 Å². The number of thiocarbonyl (C=S) groups is 1. The van der Waals surface area contributed by atoms with Crippen LogP contribution in [0.5, 0.6) is 5.75 Å². The fourth-order valence-electron chi connectivity index (χ4n) is 4.44. The zero-order valence-electron chi connectivity index (χ0n) is 20.6. The fourth-order valence-corrected chi connectivity index (χ4v) is 5.18. The van der Waals surface area contributed by atoms with Crippen LogP contribution in [0, 0.1) is 0 Å². The number of hydrogen-bond acceptors (Lipinski definition) is 5. The van der Waals surface area contributed by atoms with Crippen molar-refractivity contribution in [2.24, 2.45) is 0 Å². The average molecular weight is 567 g/mol. The van der Waals surface area contributed by atoms with Crippen molar-refractivity contribution in [3.8, 4) is 17.1 Å². The Kier molecular flexibility index (Phi) is 7.56. The van der Waals surface area contributed by atoms with Gasteiger partial charge in [-0.2, -0.15) is 0 Å². The summed E-state index contributed by atoms with van der Waals surface area (Å²) in [6.07, 6.45) is 2.10. The van der Waals surface area contributed by atoms with E-state index in [1.54, 1.807) is 32.4 Å². The van der Waals surface area contributed by atoms with Gasteiger partial charge in [0, 0.05) is 29.9 Å². The molecule has 0 aliphatic carbocycles. The third-order valence-electron chi connectivity index (χ3n) is 6.29. The minimum atomic E-state index is -0.384. The van der Waals surface area contributed by atoms with E-state index in [0.29, 0.717) is 50.1 Å². The lowest BCUT2D eigenvalue weighted by Crippen LogP contribution is -2.29. The van der Waals surface area contributed by atoms with Crippen molar-refractivity contribution in [1.82, 2.24) is 10.3 Å². The molecule has 0 saturated carbocycles. The summed E-state index contributed by atoms with van der Waals surface area (Å²) in [5.41, 5.74) is 2.84. The fraction of sp³-hybridized carbons (Fsp3) is 0.179. The van der Waals surface area contributed by atoms with Gasteiger partial charge in [0.05, 0.1) is 34.6 Å². The summed E-state index contributed by atoms with van der Waals surface area (Å²) in [5.74, 6) is 1.64. The third kappa shape index (κ3) is 4.95. The van der Waals surface area contributed by atoms with Crippen molar-refractivity contribution in [1.29, 1.82) is 0 Å². The van der Waals surface area contributed by atoms with Crippen LogP contribution in [0.25, 0.3) is 11.3 Å². The van der Waals surface area contributed by atoms with Crippen molar-refractivity contribution in [2.45, 2.75) is 25.4 Å². The maximum atomic E-state index is 12.0. The normalized spacial score (nSPS) is 16.8. The summed E-state index contributed by atoms with van der Waals surface area (Å²) < 4.78 is 12.0. The van der Waals surface area contributed by atoms with Gasteiger partial charge in [0.2, 0.25) is 5.91 Å². The number of aromatic nitrogens is 1. The van der Waals surface area contributed by atoms with Crippen LogP contribution in [0.15, 0.2) is 77.3 Å². The molecule has 2 N–H and O–H groups in total. The highest BCUT2D eigenvalue weighted by Crippen LogP contribution is 2.45. The quantitative estimate of drug-likeness (QED) is 0.229. The van der Waals surface area contributed by atoms with E-state index in [0.717, 1.165) is 11.4 Å². The first-order valence-electron chi connectivity index (χ1n) is 11.9. The minimum absolute atomic E-state index is 0.106.